The molecule has 7 heteroatoms. The van der Waals surface area contributed by atoms with E-state index in [-0.39, 0.29) is 12.5 Å². The molecule has 1 heterocycles. The minimum absolute atomic E-state index is 0.190. The van der Waals surface area contributed by atoms with Crippen molar-refractivity contribution in [3.8, 4) is 11.5 Å². The minimum Gasteiger partial charge on any atom is -0.456 e. The number of para-hydroxylation sites is 2. The van der Waals surface area contributed by atoms with E-state index in [1.807, 2.05) is 36.4 Å². The lowest BCUT2D eigenvalue weighted by atomic mass is 10.0. The van der Waals surface area contributed by atoms with Crippen LogP contribution in [-0.2, 0) is 17.7 Å². The van der Waals surface area contributed by atoms with Gasteiger partial charge in [-0.15, -0.1) is 0 Å². The van der Waals surface area contributed by atoms with Crippen LogP contribution in [0.15, 0.2) is 53.1 Å². The Hall–Kier alpha value is -3.19. The van der Waals surface area contributed by atoms with Crippen molar-refractivity contribution in [2.24, 2.45) is 0 Å². The Labute approximate surface area is 176 Å². The van der Waals surface area contributed by atoms with Crippen LogP contribution >= 0.6 is 0 Å². The van der Waals surface area contributed by atoms with E-state index in [9.17, 15) is 4.79 Å². The van der Waals surface area contributed by atoms with Crippen molar-refractivity contribution in [1.82, 2.24) is 15.0 Å². The van der Waals surface area contributed by atoms with Gasteiger partial charge in [0, 0.05) is 20.6 Å². The van der Waals surface area contributed by atoms with Crippen LogP contribution in [0.5, 0.6) is 11.5 Å². The number of nitrogens with zero attached hydrogens (tertiary/aromatic N) is 3. The van der Waals surface area contributed by atoms with Crippen molar-refractivity contribution in [3.63, 3.8) is 0 Å². The van der Waals surface area contributed by atoms with Crippen molar-refractivity contribution in [2.75, 3.05) is 20.8 Å². The molecule has 0 atom stereocenters. The van der Waals surface area contributed by atoms with E-state index >= 15 is 0 Å². The number of methoxy groups -OCH3 is 1. The zero-order valence-corrected chi connectivity index (χ0v) is 17.8. The molecule has 30 heavy (non-hydrogen) atoms. The summed E-state index contributed by atoms with van der Waals surface area (Å²) in [6.07, 6.45) is 0.559. The lowest BCUT2D eigenvalue weighted by Gasteiger charge is -2.19. The number of benzene rings is 2. The highest BCUT2D eigenvalue weighted by atomic mass is 16.5. The molecule has 2 aromatic carbocycles. The standard InChI is InChI=1S/C23H27N3O4/c1-16(2)17-9-5-7-11-19(17)29-20-12-8-6-10-18(20)23(27)26(3)15-22-24-21(25-30-22)13-14-28-4/h5-12,16H,13-15H2,1-4H3. The average molecular weight is 409 g/mol. The Bertz CT molecular complexity index is 984. The Morgan fingerprint density at radius 3 is 2.53 bits per heavy atom. The fourth-order valence-corrected chi connectivity index (χ4v) is 3.03. The summed E-state index contributed by atoms with van der Waals surface area (Å²) in [7, 11) is 3.31. The Balaban J connectivity index is 1.76. The van der Waals surface area contributed by atoms with E-state index in [2.05, 4.69) is 24.0 Å². The number of rotatable bonds is 9. The van der Waals surface area contributed by atoms with Crippen molar-refractivity contribution < 1.29 is 18.8 Å². The number of hydrogen-bond donors (Lipinski definition) is 0. The van der Waals surface area contributed by atoms with Crippen LogP contribution < -0.4 is 4.74 Å². The van der Waals surface area contributed by atoms with Gasteiger partial charge < -0.3 is 18.9 Å². The third-order valence-corrected chi connectivity index (χ3v) is 4.64. The van der Waals surface area contributed by atoms with Crippen molar-refractivity contribution >= 4 is 5.91 Å². The van der Waals surface area contributed by atoms with E-state index in [4.69, 9.17) is 14.0 Å². The molecule has 0 spiro atoms. The Kier molecular flexibility index (Phi) is 7.19. The summed E-state index contributed by atoms with van der Waals surface area (Å²) >= 11 is 0. The first kappa shape index (κ1) is 21.5. The molecule has 0 aliphatic rings. The molecule has 0 saturated heterocycles. The van der Waals surface area contributed by atoms with Crippen LogP contribution in [-0.4, -0.2) is 41.7 Å². The first-order valence-corrected chi connectivity index (χ1v) is 9.91. The molecular weight excluding hydrogens is 382 g/mol. The summed E-state index contributed by atoms with van der Waals surface area (Å²) in [6, 6.07) is 15.1. The van der Waals surface area contributed by atoms with Gasteiger partial charge in [0.05, 0.1) is 18.7 Å². The summed E-state index contributed by atoms with van der Waals surface area (Å²) < 4.78 is 16.4. The van der Waals surface area contributed by atoms with E-state index in [1.54, 1.807) is 26.3 Å². The van der Waals surface area contributed by atoms with E-state index in [0.717, 1.165) is 11.3 Å². The van der Waals surface area contributed by atoms with Gasteiger partial charge in [0.1, 0.15) is 11.5 Å². The zero-order valence-electron chi connectivity index (χ0n) is 17.8. The van der Waals surface area contributed by atoms with Gasteiger partial charge in [0.15, 0.2) is 5.82 Å². The lowest BCUT2D eigenvalue weighted by molar-refractivity contribution is 0.0767. The van der Waals surface area contributed by atoms with Crippen LogP contribution in [0, 0.1) is 0 Å². The van der Waals surface area contributed by atoms with Crippen molar-refractivity contribution in [2.45, 2.75) is 32.7 Å². The van der Waals surface area contributed by atoms with E-state index in [0.29, 0.717) is 42.0 Å². The van der Waals surface area contributed by atoms with Crippen LogP contribution in [0.1, 0.15) is 47.4 Å². The van der Waals surface area contributed by atoms with Gasteiger partial charge in [-0.3, -0.25) is 4.79 Å². The quantitative estimate of drug-likeness (QED) is 0.520. The summed E-state index contributed by atoms with van der Waals surface area (Å²) in [5, 5.41) is 3.91. The molecule has 0 fully saturated rings. The molecule has 0 unspecified atom stereocenters. The van der Waals surface area contributed by atoms with Gasteiger partial charge in [-0.2, -0.15) is 4.98 Å². The molecular formula is C23H27N3O4. The summed E-state index contributed by atoms with van der Waals surface area (Å²) in [4.78, 5) is 18.9. The maximum atomic E-state index is 13.1. The van der Waals surface area contributed by atoms with Gasteiger partial charge in [-0.25, -0.2) is 0 Å². The molecule has 3 aromatic rings. The third kappa shape index (κ3) is 5.24. The SMILES string of the molecule is COCCc1noc(CN(C)C(=O)c2ccccc2Oc2ccccc2C(C)C)n1. The first-order valence-electron chi connectivity index (χ1n) is 9.91. The fraction of sp³-hybridized carbons (Fsp3) is 0.348. The van der Waals surface area contributed by atoms with Crippen molar-refractivity contribution in [3.05, 3.63) is 71.4 Å². The highest BCUT2D eigenvalue weighted by Gasteiger charge is 2.20. The second kappa shape index (κ2) is 10.0. The second-order valence-corrected chi connectivity index (χ2v) is 7.30. The Morgan fingerprint density at radius 1 is 1.10 bits per heavy atom. The number of carbonyl (C=O) groups is 1. The predicted octanol–water partition coefficient (Wildman–Crippen LogP) is 4.45. The number of ether oxygens (including phenoxy) is 2. The lowest BCUT2D eigenvalue weighted by Crippen LogP contribution is -2.26. The zero-order chi connectivity index (χ0) is 21.5. The van der Waals surface area contributed by atoms with Gasteiger partial charge in [0.25, 0.3) is 5.91 Å². The van der Waals surface area contributed by atoms with Gasteiger partial charge in [-0.1, -0.05) is 49.3 Å². The van der Waals surface area contributed by atoms with Crippen molar-refractivity contribution in [1.29, 1.82) is 0 Å². The predicted molar refractivity (Wildman–Crippen MR) is 113 cm³/mol. The third-order valence-electron chi connectivity index (χ3n) is 4.64. The molecule has 1 aromatic heterocycles. The number of amides is 1. The van der Waals surface area contributed by atoms with Crippen LogP contribution in [0.3, 0.4) is 0 Å². The molecule has 0 radical (unpaired) electrons. The minimum atomic E-state index is -0.190. The highest BCUT2D eigenvalue weighted by molar-refractivity contribution is 5.96. The maximum absolute atomic E-state index is 13.1. The largest absolute Gasteiger partial charge is 0.456 e. The second-order valence-electron chi connectivity index (χ2n) is 7.30. The van der Waals surface area contributed by atoms with E-state index in [1.165, 1.54) is 4.90 Å². The molecule has 3 rings (SSSR count). The number of hydrogen-bond acceptors (Lipinski definition) is 6. The van der Waals surface area contributed by atoms with Gasteiger partial charge in [-0.05, 0) is 29.7 Å². The molecule has 0 bridgehead atoms. The Morgan fingerprint density at radius 2 is 1.80 bits per heavy atom. The molecule has 7 nitrogen and oxygen atoms in total. The van der Waals surface area contributed by atoms with Crippen LogP contribution in [0.25, 0.3) is 0 Å². The monoisotopic (exact) mass is 409 g/mol. The number of carbonyl (C=O) groups excluding carboxylic acids is 1. The average Bonchev–Trinajstić information content (AvgIpc) is 3.19. The molecule has 158 valence electrons. The first-order chi connectivity index (χ1) is 14.5. The number of aromatic nitrogens is 2. The van der Waals surface area contributed by atoms with E-state index < -0.39 is 0 Å². The van der Waals surface area contributed by atoms with Gasteiger partial charge >= 0.3 is 0 Å². The topological polar surface area (TPSA) is 77.7 Å². The maximum Gasteiger partial charge on any atom is 0.257 e. The van der Waals surface area contributed by atoms with Crippen LogP contribution in [0.4, 0.5) is 0 Å². The van der Waals surface area contributed by atoms with Gasteiger partial charge in [0.2, 0.25) is 5.89 Å². The van der Waals surface area contributed by atoms with Crippen LogP contribution in [0.2, 0.25) is 0 Å². The molecule has 0 aliphatic carbocycles. The molecule has 1 amide bonds. The summed E-state index contributed by atoms with van der Waals surface area (Å²) in [5.41, 5.74) is 1.56. The summed E-state index contributed by atoms with van der Waals surface area (Å²) in [6.45, 7) is 4.93. The summed E-state index contributed by atoms with van der Waals surface area (Å²) in [5.74, 6) is 2.30. The fourth-order valence-electron chi connectivity index (χ4n) is 3.03. The smallest absolute Gasteiger partial charge is 0.257 e. The normalized spacial score (nSPS) is 11.0. The molecule has 0 saturated carbocycles. The molecule has 0 N–H and O–H groups in total. The highest BCUT2D eigenvalue weighted by Crippen LogP contribution is 2.32. The molecule has 0 aliphatic heterocycles.